The first-order chi connectivity index (χ1) is 11.0. The predicted octanol–water partition coefficient (Wildman–Crippen LogP) is 2.53. The largest absolute Gasteiger partial charge is 0.319 e. The van der Waals surface area contributed by atoms with Gasteiger partial charge in [0, 0.05) is 13.2 Å². The molecule has 3 rings (SSSR count). The molecule has 1 N–H and O–H groups in total. The molecule has 0 radical (unpaired) electrons. The van der Waals surface area contributed by atoms with Gasteiger partial charge in [-0.25, -0.2) is 0 Å². The number of hydrogen-bond acceptors (Lipinski definition) is 3. The third-order valence-electron chi connectivity index (χ3n) is 3.76. The van der Waals surface area contributed by atoms with Gasteiger partial charge in [-0.1, -0.05) is 30.3 Å². The zero-order valence-corrected chi connectivity index (χ0v) is 13.4. The Hall–Kier alpha value is -2.89. The summed E-state index contributed by atoms with van der Waals surface area (Å²) in [5, 5.41) is 11.5. The summed E-state index contributed by atoms with van der Waals surface area (Å²) >= 11 is 0. The summed E-state index contributed by atoms with van der Waals surface area (Å²) in [4.78, 5) is 12.3. The van der Waals surface area contributed by atoms with Gasteiger partial charge < -0.3 is 5.32 Å². The molecule has 0 saturated carbocycles. The van der Waals surface area contributed by atoms with Crippen molar-refractivity contribution in [2.75, 3.05) is 5.32 Å². The lowest BCUT2D eigenvalue weighted by Gasteiger charge is -2.06. The van der Waals surface area contributed by atoms with Gasteiger partial charge in [0.1, 0.15) is 0 Å². The van der Waals surface area contributed by atoms with Crippen molar-refractivity contribution in [2.45, 2.75) is 20.4 Å². The van der Waals surface area contributed by atoms with E-state index in [9.17, 15) is 4.79 Å². The second kappa shape index (κ2) is 6.08. The molecule has 3 aromatic rings. The molecule has 0 aliphatic carbocycles. The van der Waals surface area contributed by atoms with Crippen molar-refractivity contribution in [3.05, 3.63) is 65.2 Å². The molecule has 6 heteroatoms. The number of carbonyl (C=O) groups excluding carboxylic acids is 1. The molecule has 0 atom stereocenters. The van der Waals surface area contributed by atoms with Crippen LogP contribution in [0.1, 0.15) is 27.3 Å². The van der Waals surface area contributed by atoms with Crippen molar-refractivity contribution in [2.24, 2.45) is 7.05 Å². The van der Waals surface area contributed by atoms with Gasteiger partial charge >= 0.3 is 0 Å². The first kappa shape index (κ1) is 15.0. The van der Waals surface area contributed by atoms with E-state index < -0.39 is 0 Å². The standard InChI is InChI=1S/C17H19N5O/c1-12-16(19-17(23)15-9-18-21(3)11-15)13(2)22(20-12)10-14-7-5-4-6-8-14/h4-9,11H,10H2,1-3H3,(H,19,23). The molecule has 0 aliphatic heterocycles. The molecule has 0 aliphatic rings. The van der Waals surface area contributed by atoms with Crippen LogP contribution in [0.2, 0.25) is 0 Å². The summed E-state index contributed by atoms with van der Waals surface area (Å²) in [6, 6.07) is 10.1. The van der Waals surface area contributed by atoms with Crippen molar-refractivity contribution in [3.8, 4) is 0 Å². The average molecular weight is 309 g/mol. The monoisotopic (exact) mass is 309 g/mol. The normalized spacial score (nSPS) is 10.7. The number of benzene rings is 1. The molecule has 0 spiro atoms. The van der Waals surface area contributed by atoms with Crippen LogP contribution in [0.3, 0.4) is 0 Å². The summed E-state index contributed by atoms with van der Waals surface area (Å²) in [5.41, 5.74) is 4.19. The van der Waals surface area contributed by atoms with Gasteiger partial charge in [0.25, 0.3) is 5.91 Å². The van der Waals surface area contributed by atoms with Crippen LogP contribution in [-0.4, -0.2) is 25.5 Å². The molecule has 2 heterocycles. The van der Waals surface area contributed by atoms with Crippen LogP contribution in [0.15, 0.2) is 42.7 Å². The lowest BCUT2D eigenvalue weighted by Crippen LogP contribution is -2.12. The van der Waals surface area contributed by atoms with Crippen LogP contribution in [0.4, 0.5) is 5.69 Å². The summed E-state index contributed by atoms with van der Waals surface area (Å²) in [6.07, 6.45) is 3.24. The number of amides is 1. The third-order valence-corrected chi connectivity index (χ3v) is 3.76. The van der Waals surface area contributed by atoms with Gasteiger partial charge in [0.05, 0.1) is 35.4 Å². The van der Waals surface area contributed by atoms with Crippen molar-refractivity contribution in [1.29, 1.82) is 0 Å². The number of nitrogens with one attached hydrogen (secondary N) is 1. The third kappa shape index (κ3) is 3.15. The van der Waals surface area contributed by atoms with Crippen LogP contribution >= 0.6 is 0 Å². The molecule has 118 valence electrons. The maximum atomic E-state index is 12.3. The molecule has 23 heavy (non-hydrogen) atoms. The Labute approximate surface area is 134 Å². The number of nitrogens with zero attached hydrogens (tertiary/aromatic N) is 4. The van der Waals surface area contributed by atoms with E-state index >= 15 is 0 Å². The number of anilines is 1. The second-order valence-corrected chi connectivity index (χ2v) is 5.55. The van der Waals surface area contributed by atoms with E-state index in [4.69, 9.17) is 0 Å². The van der Waals surface area contributed by atoms with Crippen LogP contribution in [0.5, 0.6) is 0 Å². The first-order valence-corrected chi connectivity index (χ1v) is 7.42. The molecule has 1 amide bonds. The van der Waals surface area contributed by atoms with Gasteiger partial charge in [-0.05, 0) is 19.4 Å². The fourth-order valence-corrected chi connectivity index (χ4v) is 2.51. The molecule has 0 saturated heterocycles. The smallest absolute Gasteiger partial charge is 0.258 e. The molecule has 0 unspecified atom stereocenters. The highest BCUT2D eigenvalue weighted by Gasteiger charge is 2.16. The minimum Gasteiger partial charge on any atom is -0.319 e. The van der Waals surface area contributed by atoms with E-state index in [-0.39, 0.29) is 5.91 Å². The Kier molecular flexibility index (Phi) is 3.97. The summed E-state index contributed by atoms with van der Waals surface area (Å²) in [6.45, 7) is 4.53. The highest BCUT2D eigenvalue weighted by Crippen LogP contribution is 2.21. The van der Waals surface area contributed by atoms with Crippen LogP contribution in [0.25, 0.3) is 0 Å². The van der Waals surface area contributed by atoms with Gasteiger partial charge in [0.15, 0.2) is 0 Å². The van der Waals surface area contributed by atoms with E-state index in [2.05, 4.69) is 27.6 Å². The molecular weight excluding hydrogens is 290 g/mol. The zero-order valence-electron chi connectivity index (χ0n) is 13.4. The highest BCUT2D eigenvalue weighted by atomic mass is 16.1. The van der Waals surface area contributed by atoms with Crippen molar-refractivity contribution in [3.63, 3.8) is 0 Å². The van der Waals surface area contributed by atoms with Gasteiger partial charge in [-0.3, -0.25) is 14.2 Å². The second-order valence-electron chi connectivity index (χ2n) is 5.55. The Balaban J connectivity index is 1.82. The topological polar surface area (TPSA) is 64.7 Å². The zero-order chi connectivity index (χ0) is 16.4. The lowest BCUT2D eigenvalue weighted by molar-refractivity contribution is 0.102. The summed E-state index contributed by atoms with van der Waals surface area (Å²) in [5.74, 6) is -0.177. The SMILES string of the molecule is Cc1nn(Cc2ccccc2)c(C)c1NC(=O)c1cnn(C)c1. The Bertz CT molecular complexity index is 832. The molecule has 0 bridgehead atoms. The number of hydrogen-bond donors (Lipinski definition) is 1. The summed E-state index contributed by atoms with van der Waals surface area (Å²) < 4.78 is 3.51. The van der Waals surface area contributed by atoms with Gasteiger partial charge in [-0.2, -0.15) is 10.2 Å². The van der Waals surface area contributed by atoms with Crippen LogP contribution < -0.4 is 5.32 Å². The molecule has 1 aromatic carbocycles. The van der Waals surface area contributed by atoms with E-state index in [1.165, 1.54) is 5.56 Å². The van der Waals surface area contributed by atoms with Crippen molar-refractivity contribution < 1.29 is 4.79 Å². The Morgan fingerprint density at radius 3 is 2.61 bits per heavy atom. The number of aryl methyl sites for hydroxylation is 2. The van der Waals surface area contributed by atoms with E-state index in [0.29, 0.717) is 12.1 Å². The first-order valence-electron chi connectivity index (χ1n) is 7.42. The van der Waals surface area contributed by atoms with E-state index in [1.54, 1.807) is 24.1 Å². The maximum Gasteiger partial charge on any atom is 0.258 e. The molecular formula is C17H19N5O. The Morgan fingerprint density at radius 2 is 1.96 bits per heavy atom. The number of carbonyl (C=O) groups is 1. The van der Waals surface area contributed by atoms with E-state index in [0.717, 1.165) is 17.1 Å². The average Bonchev–Trinajstić information content (AvgIpc) is 3.08. The fourth-order valence-electron chi connectivity index (χ4n) is 2.51. The maximum absolute atomic E-state index is 12.3. The Morgan fingerprint density at radius 1 is 1.22 bits per heavy atom. The molecule has 2 aromatic heterocycles. The molecule has 6 nitrogen and oxygen atoms in total. The fraction of sp³-hybridized carbons (Fsp3) is 0.235. The quantitative estimate of drug-likeness (QED) is 0.805. The number of aromatic nitrogens is 4. The minimum atomic E-state index is -0.177. The minimum absolute atomic E-state index is 0.177. The van der Waals surface area contributed by atoms with Crippen molar-refractivity contribution >= 4 is 11.6 Å². The number of rotatable bonds is 4. The van der Waals surface area contributed by atoms with Crippen LogP contribution in [-0.2, 0) is 13.6 Å². The lowest BCUT2D eigenvalue weighted by atomic mass is 10.2. The van der Waals surface area contributed by atoms with Gasteiger partial charge in [0.2, 0.25) is 0 Å². The van der Waals surface area contributed by atoms with Crippen LogP contribution in [0, 0.1) is 13.8 Å². The van der Waals surface area contributed by atoms with E-state index in [1.807, 2.05) is 36.7 Å². The summed E-state index contributed by atoms with van der Waals surface area (Å²) in [7, 11) is 1.78. The van der Waals surface area contributed by atoms with Gasteiger partial charge in [-0.15, -0.1) is 0 Å². The highest BCUT2D eigenvalue weighted by molar-refractivity contribution is 6.04. The van der Waals surface area contributed by atoms with Crippen molar-refractivity contribution in [1.82, 2.24) is 19.6 Å². The molecule has 0 fully saturated rings. The predicted molar refractivity (Wildman–Crippen MR) is 88.4 cm³/mol.